The van der Waals surface area contributed by atoms with Crippen molar-refractivity contribution in [3.8, 4) is 0 Å². The minimum Gasteiger partial charge on any atom is -0.336 e. The van der Waals surface area contributed by atoms with E-state index in [-0.39, 0.29) is 0 Å². The number of rotatable bonds is 7. The summed E-state index contributed by atoms with van der Waals surface area (Å²) in [5.41, 5.74) is 0. The van der Waals surface area contributed by atoms with Gasteiger partial charge in [-0.05, 0) is 45.3 Å². The van der Waals surface area contributed by atoms with Crippen LogP contribution in [0.25, 0.3) is 0 Å². The van der Waals surface area contributed by atoms with Crippen molar-refractivity contribution in [2.45, 2.75) is 39.3 Å². The highest BCUT2D eigenvalue weighted by molar-refractivity contribution is 4.83. The van der Waals surface area contributed by atoms with E-state index in [0.29, 0.717) is 6.04 Å². The summed E-state index contributed by atoms with van der Waals surface area (Å²) < 4.78 is 2.17. The normalized spacial score (nSPS) is 22.4. The second-order valence-electron chi connectivity index (χ2n) is 5.46. The summed E-state index contributed by atoms with van der Waals surface area (Å²) in [5.74, 6) is 0.835. The van der Waals surface area contributed by atoms with Gasteiger partial charge in [0.15, 0.2) is 0 Å². The standard InChI is InChI=1S/C14H26N4/c1-3-5-15-9-14-4-7-18(11-14)13(2)10-17-8-6-16-12-17/h6,8,12-15H,3-5,7,9-11H2,1-2H3. The van der Waals surface area contributed by atoms with Crippen molar-refractivity contribution < 1.29 is 0 Å². The van der Waals surface area contributed by atoms with Crippen LogP contribution < -0.4 is 5.32 Å². The van der Waals surface area contributed by atoms with Gasteiger partial charge in [-0.2, -0.15) is 0 Å². The Morgan fingerprint density at radius 1 is 1.50 bits per heavy atom. The maximum atomic E-state index is 4.10. The van der Waals surface area contributed by atoms with E-state index in [1.807, 2.05) is 18.7 Å². The van der Waals surface area contributed by atoms with E-state index in [4.69, 9.17) is 0 Å². The fraction of sp³-hybridized carbons (Fsp3) is 0.786. The third-order valence-electron chi connectivity index (χ3n) is 3.83. The van der Waals surface area contributed by atoms with E-state index in [0.717, 1.165) is 19.0 Å². The van der Waals surface area contributed by atoms with Crippen LogP contribution in [0.3, 0.4) is 0 Å². The van der Waals surface area contributed by atoms with Crippen LogP contribution >= 0.6 is 0 Å². The first-order chi connectivity index (χ1) is 8.79. The zero-order valence-corrected chi connectivity index (χ0v) is 11.7. The van der Waals surface area contributed by atoms with Crippen molar-refractivity contribution in [2.24, 2.45) is 5.92 Å². The predicted molar refractivity (Wildman–Crippen MR) is 74.5 cm³/mol. The molecule has 0 saturated carbocycles. The summed E-state index contributed by atoms with van der Waals surface area (Å²) in [7, 11) is 0. The molecule has 0 amide bonds. The van der Waals surface area contributed by atoms with Crippen LogP contribution in [0.5, 0.6) is 0 Å². The Hall–Kier alpha value is -0.870. The molecule has 1 aliphatic rings. The van der Waals surface area contributed by atoms with Crippen LogP contribution in [-0.4, -0.2) is 46.7 Å². The molecule has 1 saturated heterocycles. The number of hydrogen-bond donors (Lipinski definition) is 1. The molecule has 2 unspecified atom stereocenters. The van der Waals surface area contributed by atoms with Gasteiger partial charge in [0.2, 0.25) is 0 Å². The molecule has 1 aromatic rings. The van der Waals surface area contributed by atoms with Crippen molar-refractivity contribution in [2.75, 3.05) is 26.2 Å². The molecule has 0 radical (unpaired) electrons. The fourth-order valence-corrected chi connectivity index (χ4v) is 2.73. The first-order valence-electron chi connectivity index (χ1n) is 7.20. The fourth-order valence-electron chi connectivity index (χ4n) is 2.73. The lowest BCUT2D eigenvalue weighted by Gasteiger charge is -2.24. The average Bonchev–Trinajstić information content (AvgIpc) is 3.00. The van der Waals surface area contributed by atoms with E-state index in [1.54, 1.807) is 0 Å². The molecule has 0 bridgehead atoms. The Labute approximate surface area is 110 Å². The molecule has 4 nitrogen and oxygen atoms in total. The summed E-state index contributed by atoms with van der Waals surface area (Å²) in [6.45, 7) is 10.4. The third-order valence-corrected chi connectivity index (χ3v) is 3.83. The molecule has 0 spiro atoms. The lowest BCUT2D eigenvalue weighted by Crippen LogP contribution is -2.35. The van der Waals surface area contributed by atoms with E-state index < -0.39 is 0 Å². The average molecular weight is 250 g/mol. The summed E-state index contributed by atoms with van der Waals surface area (Å²) in [6, 6.07) is 0.607. The van der Waals surface area contributed by atoms with Crippen molar-refractivity contribution in [1.82, 2.24) is 19.8 Å². The molecule has 2 rings (SSSR count). The van der Waals surface area contributed by atoms with Crippen LogP contribution in [0.4, 0.5) is 0 Å². The molecule has 2 atom stereocenters. The van der Waals surface area contributed by atoms with Crippen molar-refractivity contribution in [3.63, 3.8) is 0 Å². The van der Waals surface area contributed by atoms with Gasteiger partial charge in [-0.1, -0.05) is 6.92 Å². The lowest BCUT2D eigenvalue weighted by atomic mass is 10.1. The van der Waals surface area contributed by atoms with Gasteiger partial charge in [0.05, 0.1) is 6.33 Å². The molecule has 18 heavy (non-hydrogen) atoms. The Morgan fingerprint density at radius 3 is 3.11 bits per heavy atom. The number of nitrogens with one attached hydrogen (secondary N) is 1. The maximum Gasteiger partial charge on any atom is 0.0946 e. The maximum absolute atomic E-state index is 4.10. The summed E-state index contributed by atoms with van der Waals surface area (Å²) in [6.07, 6.45) is 8.38. The molecular formula is C14H26N4. The van der Waals surface area contributed by atoms with Crippen LogP contribution in [0.1, 0.15) is 26.7 Å². The Balaban J connectivity index is 1.71. The Kier molecular flexibility index (Phi) is 5.20. The van der Waals surface area contributed by atoms with Gasteiger partial charge in [-0.25, -0.2) is 4.98 Å². The number of hydrogen-bond acceptors (Lipinski definition) is 3. The molecule has 0 aliphatic carbocycles. The first kappa shape index (κ1) is 13.6. The molecule has 1 aliphatic heterocycles. The number of nitrogens with zero attached hydrogens (tertiary/aromatic N) is 3. The Bertz CT molecular complexity index is 323. The largest absolute Gasteiger partial charge is 0.336 e. The van der Waals surface area contributed by atoms with Gasteiger partial charge < -0.3 is 9.88 Å². The molecular weight excluding hydrogens is 224 g/mol. The smallest absolute Gasteiger partial charge is 0.0946 e. The van der Waals surface area contributed by atoms with E-state index in [2.05, 4.69) is 33.6 Å². The highest BCUT2D eigenvalue weighted by Gasteiger charge is 2.25. The van der Waals surface area contributed by atoms with Crippen LogP contribution in [0, 0.1) is 5.92 Å². The highest BCUT2D eigenvalue weighted by Crippen LogP contribution is 2.18. The summed E-state index contributed by atoms with van der Waals surface area (Å²) in [5, 5.41) is 3.54. The van der Waals surface area contributed by atoms with Gasteiger partial charge in [0.25, 0.3) is 0 Å². The minimum absolute atomic E-state index is 0.607. The van der Waals surface area contributed by atoms with Crippen LogP contribution in [0.15, 0.2) is 18.7 Å². The van der Waals surface area contributed by atoms with Crippen LogP contribution in [-0.2, 0) is 6.54 Å². The van der Waals surface area contributed by atoms with Gasteiger partial charge in [-0.3, -0.25) is 4.90 Å². The quantitative estimate of drug-likeness (QED) is 0.746. The molecule has 1 fully saturated rings. The van der Waals surface area contributed by atoms with Gasteiger partial charge in [0.1, 0.15) is 0 Å². The Morgan fingerprint density at radius 2 is 2.39 bits per heavy atom. The lowest BCUT2D eigenvalue weighted by molar-refractivity contribution is 0.226. The molecule has 2 heterocycles. The van der Waals surface area contributed by atoms with E-state index in [1.165, 1.54) is 32.5 Å². The molecule has 1 N–H and O–H groups in total. The number of imidazole rings is 1. The second-order valence-corrected chi connectivity index (χ2v) is 5.46. The molecule has 0 aromatic carbocycles. The van der Waals surface area contributed by atoms with Gasteiger partial charge in [0, 0.05) is 31.5 Å². The highest BCUT2D eigenvalue weighted by atomic mass is 15.2. The van der Waals surface area contributed by atoms with Gasteiger partial charge >= 0.3 is 0 Å². The zero-order chi connectivity index (χ0) is 12.8. The van der Waals surface area contributed by atoms with Crippen molar-refractivity contribution in [1.29, 1.82) is 0 Å². The monoisotopic (exact) mass is 250 g/mol. The number of likely N-dealkylation sites (tertiary alicyclic amines) is 1. The SMILES string of the molecule is CCCNCC1CCN(C(C)Cn2ccnc2)C1. The van der Waals surface area contributed by atoms with Gasteiger partial charge in [-0.15, -0.1) is 0 Å². The first-order valence-corrected chi connectivity index (χ1v) is 7.20. The third kappa shape index (κ3) is 3.82. The second kappa shape index (κ2) is 6.90. The summed E-state index contributed by atoms with van der Waals surface area (Å²) >= 11 is 0. The minimum atomic E-state index is 0.607. The van der Waals surface area contributed by atoms with Crippen molar-refractivity contribution in [3.05, 3.63) is 18.7 Å². The topological polar surface area (TPSA) is 33.1 Å². The van der Waals surface area contributed by atoms with Crippen LogP contribution in [0.2, 0.25) is 0 Å². The predicted octanol–water partition coefficient (Wildman–Crippen LogP) is 1.59. The molecule has 4 heteroatoms. The number of aromatic nitrogens is 2. The molecule has 102 valence electrons. The van der Waals surface area contributed by atoms with Crippen molar-refractivity contribution >= 4 is 0 Å². The molecule has 1 aromatic heterocycles. The zero-order valence-electron chi connectivity index (χ0n) is 11.7. The van der Waals surface area contributed by atoms with E-state index >= 15 is 0 Å². The van der Waals surface area contributed by atoms with E-state index in [9.17, 15) is 0 Å². The summed E-state index contributed by atoms with van der Waals surface area (Å²) in [4.78, 5) is 6.71.